The van der Waals surface area contributed by atoms with E-state index in [-0.39, 0.29) is 0 Å². The molecule has 2 aromatic rings. The summed E-state index contributed by atoms with van der Waals surface area (Å²) in [5, 5.41) is 4.44. The first kappa shape index (κ1) is 16.6. The van der Waals surface area contributed by atoms with E-state index in [1.165, 1.54) is 37.8 Å². The van der Waals surface area contributed by atoms with Crippen LogP contribution in [0.4, 0.5) is 5.82 Å². The monoisotopic (exact) mass is 339 g/mol. The van der Waals surface area contributed by atoms with Gasteiger partial charge in [0.1, 0.15) is 5.82 Å². The number of nitrogens with zero attached hydrogens (tertiary/aromatic N) is 5. The standard InChI is InChI=1S/C20H29N5/c1-3-25-16-18(14-21-25)15-24-11-5-8-20(24)9-12-23(13-10-20)19-7-4-6-17(2)22-19/h4,6-7,14,16H,3,5,8-13,15H2,1-2H3. The van der Waals surface area contributed by atoms with Gasteiger partial charge < -0.3 is 4.90 Å². The van der Waals surface area contributed by atoms with Crippen LogP contribution in [0, 0.1) is 6.92 Å². The number of likely N-dealkylation sites (tertiary alicyclic amines) is 1. The Hall–Kier alpha value is -1.88. The number of hydrogen-bond donors (Lipinski definition) is 0. The second-order valence-electron chi connectivity index (χ2n) is 7.58. The zero-order chi connectivity index (χ0) is 17.3. The fourth-order valence-electron chi connectivity index (χ4n) is 4.55. The molecule has 2 saturated heterocycles. The van der Waals surface area contributed by atoms with E-state index in [0.29, 0.717) is 5.54 Å². The van der Waals surface area contributed by atoms with Crippen LogP contribution in [0.15, 0.2) is 30.6 Å². The molecule has 0 radical (unpaired) electrons. The fraction of sp³-hybridized carbons (Fsp3) is 0.600. The van der Waals surface area contributed by atoms with Crippen LogP contribution in [-0.4, -0.2) is 44.8 Å². The molecule has 0 aromatic carbocycles. The second-order valence-corrected chi connectivity index (χ2v) is 7.58. The minimum atomic E-state index is 0.384. The largest absolute Gasteiger partial charge is 0.356 e. The summed E-state index contributed by atoms with van der Waals surface area (Å²) in [5.74, 6) is 1.14. The molecule has 0 atom stereocenters. The van der Waals surface area contributed by atoms with Crippen molar-refractivity contribution in [2.45, 2.75) is 58.2 Å². The molecule has 0 unspecified atom stereocenters. The Labute approximate surface area is 150 Å². The molecule has 0 bridgehead atoms. The van der Waals surface area contributed by atoms with Crippen molar-refractivity contribution in [1.29, 1.82) is 0 Å². The highest BCUT2D eigenvalue weighted by Crippen LogP contribution is 2.40. The van der Waals surface area contributed by atoms with Crippen LogP contribution in [0.3, 0.4) is 0 Å². The van der Waals surface area contributed by atoms with Gasteiger partial charge in [-0.25, -0.2) is 4.98 Å². The van der Waals surface area contributed by atoms with Crippen LogP contribution >= 0.6 is 0 Å². The number of aromatic nitrogens is 3. The number of rotatable bonds is 4. The lowest BCUT2D eigenvalue weighted by molar-refractivity contribution is 0.0996. The molecule has 2 aromatic heterocycles. The smallest absolute Gasteiger partial charge is 0.128 e. The quantitative estimate of drug-likeness (QED) is 0.857. The van der Waals surface area contributed by atoms with E-state index in [2.05, 4.69) is 53.1 Å². The van der Waals surface area contributed by atoms with Gasteiger partial charge in [-0.05, 0) is 58.2 Å². The average molecular weight is 339 g/mol. The maximum Gasteiger partial charge on any atom is 0.128 e. The van der Waals surface area contributed by atoms with Gasteiger partial charge in [0.25, 0.3) is 0 Å². The highest BCUT2D eigenvalue weighted by Gasteiger charge is 2.43. The third-order valence-electron chi connectivity index (χ3n) is 6.02. The molecule has 2 aliphatic heterocycles. The van der Waals surface area contributed by atoms with Crippen LogP contribution in [0.2, 0.25) is 0 Å². The van der Waals surface area contributed by atoms with Crippen molar-refractivity contribution in [2.75, 3.05) is 24.5 Å². The zero-order valence-corrected chi connectivity index (χ0v) is 15.5. The lowest BCUT2D eigenvalue weighted by atomic mass is 9.84. The van der Waals surface area contributed by atoms with Crippen molar-refractivity contribution in [3.63, 3.8) is 0 Å². The minimum absolute atomic E-state index is 0.384. The second kappa shape index (κ2) is 6.79. The van der Waals surface area contributed by atoms with Gasteiger partial charge in [0.05, 0.1) is 6.20 Å². The number of hydrogen-bond acceptors (Lipinski definition) is 4. The highest BCUT2D eigenvalue weighted by atomic mass is 15.3. The van der Waals surface area contributed by atoms with E-state index in [4.69, 9.17) is 4.98 Å². The predicted octanol–water partition coefficient (Wildman–Crippen LogP) is 3.24. The first-order chi connectivity index (χ1) is 12.2. The summed E-state index contributed by atoms with van der Waals surface area (Å²) in [5.41, 5.74) is 2.84. The number of pyridine rings is 1. The van der Waals surface area contributed by atoms with E-state index >= 15 is 0 Å². The lowest BCUT2D eigenvalue weighted by Crippen LogP contribution is -2.52. The van der Waals surface area contributed by atoms with Gasteiger partial charge in [0, 0.05) is 49.2 Å². The van der Waals surface area contributed by atoms with Gasteiger partial charge in [-0.3, -0.25) is 9.58 Å². The molecule has 1 spiro atoms. The fourth-order valence-corrected chi connectivity index (χ4v) is 4.55. The molecule has 2 fully saturated rings. The van der Waals surface area contributed by atoms with Crippen molar-refractivity contribution < 1.29 is 0 Å². The first-order valence-electron chi connectivity index (χ1n) is 9.63. The van der Waals surface area contributed by atoms with Crippen LogP contribution in [0.1, 0.15) is 43.9 Å². The molecule has 134 valence electrons. The van der Waals surface area contributed by atoms with Gasteiger partial charge in [-0.1, -0.05) is 6.07 Å². The lowest BCUT2D eigenvalue weighted by Gasteiger charge is -2.45. The van der Waals surface area contributed by atoms with E-state index in [0.717, 1.165) is 37.7 Å². The molecule has 5 nitrogen and oxygen atoms in total. The summed E-state index contributed by atoms with van der Waals surface area (Å²) in [6.07, 6.45) is 9.39. The molecule has 2 aliphatic rings. The molecule has 0 aliphatic carbocycles. The number of anilines is 1. The normalized spacial score (nSPS) is 20.5. The van der Waals surface area contributed by atoms with Crippen molar-refractivity contribution in [2.24, 2.45) is 0 Å². The number of piperidine rings is 1. The van der Waals surface area contributed by atoms with Crippen LogP contribution < -0.4 is 4.90 Å². The topological polar surface area (TPSA) is 37.2 Å². The van der Waals surface area contributed by atoms with Gasteiger partial charge >= 0.3 is 0 Å². The molecule has 4 rings (SSSR count). The summed E-state index contributed by atoms with van der Waals surface area (Å²) < 4.78 is 2.03. The van der Waals surface area contributed by atoms with Crippen LogP contribution in [0.25, 0.3) is 0 Å². The minimum Gasteiger partial charge on any atom is -0.356 e. The molecule has 25 heavy (non-hydrogen) atoms. The predicted molar refractivity (Wildman–Crippen MR) is 101 cm³/mol. The summed E-state index contributed by atoms with van der Waals surface area (Å²) >= 11 is 0. The van der Waals surface area contributed by atoms with Gasteiger partial charge in [0.15, 0.2) is 0 Å². The molecular weight excluding hydrogens is 310 g/mol. The zero-order valence-electron chi connectivity index (χ0n) is 15.5. The van der Waals surface area contributed by atoms with Gasteiger partial charge in [0.2, 0.25) is 0 Å². The maximum absolute atomic E-state index is 4.71. The van der Waals surface area contributed by atoms with E-state index in [1.54, 1.807) is 0 Å². The van der Waals surface area contributed by atoms with Crippen molar-refractivity contribution in [3.05, 3.63) is 41.9 Å². The van der Waals surface area contributed by atoms with Crippen LogP contribution in [0.5, 0.6) is 0 Å². The Morgan fingerprint density at radius 1 is 1.12 bits per heavy atom. The van der Waals surface area contributed by atoms with Crippen molar-refractivity contribution in [1.82, 2.24) is 19.7 Å². The molecule has 0 N–H and O–H groups in total. The molecule has 4 heterocycles. The maximum atomic E-state index is 4.71. The van der Waals surface area contributed by atoms with Crippen molar-refractivity contribution >= 4 is 5.82 Å². The Morgan fingerprint density at radius 2 is 1.96 bits per heavy atom. The molecule has 0 amide bonds. The third kappa shape index (κ3) is 3.30. The van der Waals surface area contributed by atoms with E-state index < -0.39 is 0 Å². The Kier molecular flexibility index (Phi) is 4.50. The van der Waals surface area contributed by atoms with E-state index in [1.807, 2.05) is 10.9 Å². The molecular formula is C20H29N5. The Balaban J connectivity index is 1.43. The summed E-state index contributed by atoms with van der Waals surface area (Å²) in [7, 11) is 0. The third-order valence-corrected chi connectivity index (χ3v) is 6.02. The van der Waals surface area contributed by atoms with Gasteiger partial charge in [-0.2, -0.15) is 5.10 Å². The summed E-state index contributed by atoms with van der Waals surface area (Å²) in [4.78, 5) is 9.90. The summed E-state index contributed by atoms with van der Waals surface area (Å²) in [6, 6.07) is 6.34. The van der Waals surface area contributed by atoms with E-state index in [9.17, 15) is 0 Å². The van der Waals surface area contributed by atoms with Gasteiger partial charge in [-0.15, -0.1) is 0 Å². The first-order valence-corrected chi connectivity index (χ1v) is 9.63. The number of aryl methyl sites for hydroxylation is 2. The Bertz CT molecular complexity index is 714. The molecule has 0 saturated carbocycles. The highest BCUT2D eigenvalue weighted by molar-refractivity contribution is 5.40. The van der Waals surface area contributed by atoms with Crippen LogP contribution in [-0.2, 0) is 13.1 Å². The van der Waals surface area contributed by atoms with Crippen molar-refractivity contribution in [3.8, 4) is 0 Å². The average Bonchev–Trinajstić information content (AvgIpc) is 3.24. The Morgan fingerprint density at radius 3 is 2.68 bits per heavy atom. The summed E-state index contributed by atoms with van der Waals surface area (Å²) in [6.45, 7) is 9.65. The SMILES string of the molecule is CCn1cc(CN2CCCC23CCN(c2cccc(C)n2)CC3)cn1. The molecule has 5 heteroatoms.